The topological polar surface area (TPSA) is 24.5 Å². The Labute approximate surface area is 132 Å². The van der Waals surface area contributed by atoms with Gasteiger partial charge in [0.1, 0.15) is 0 Å². The first kappa shape index (κ1) is 18.9. The van der Waals surface area contributed by atoms with E-state index in [1.807, 2.05) is 7.11 Å². The van der Waals surface area contributed by atoms with Crippen molar-refractivity contribution in [3.05, 3.63) is 0 Å². The van der Waals surface area contributed by atoms with E-state index in [1.54, 1.807) is 0 Å². The van der Waals surface area contributed by atoms with E-state index in [0.717, 1.165) is 25.4 Å². The first-order valence-electron chi connectivity index (χ1n) is 8.87. The molecular weight excluding hydrogens is 260 g/mol. The van der Waals surface area contributed by atoms with Crippen molar-refractivity contribution in [2.24, 2.45) is 5.92 Å². The number of methoxy groups -OCH3 is 1. The Balaban J connectivity index is 2.78. The summed E-state index contributed by atoms with van der Waals surface area (Å²) in [5.41, 5.74) is 0.285. The van der Waals surface area contributed by atoms with Crippen LogP contribution in [0, 0.1) is 5.92 Å². The number of hydrogen-bond acceptors (Lipinski definition) is 3. The van der Waals surface area contributed by atoms with E-state index in [1.165, 1.54) is 25.8 Å². The van der Waals surface area contributed by atoms with Crippen LogP contribution in [0.1, 0.15) is 67.2 Å². The third-order valence-electron chi connectivity index (χ3n) is 5.87. The second kappa shape index (κ2) is 7.94. The highest BCUT2D eigenvalue weighted by Crippen LogP contribution is 2.28. The van der Waals surface area contributed by atoms with Crippen molar-refractivity contribution in [3.8, 4) is 0 Å². The molecule has 1 saturated heterocycles. The van der Waals surface area contributed by atoms with Crippen molar-refractivity contribution < 1.29 is 4.74 Å². The zero-order valence-electron chi connectivity index (χ0n) is 15.5. The van der Waals surface area contributed by atoms with Crippen molar-refractivity contribution in [1.82, 2.24) is 10.2 Å². The van der Waals surface area contributed by atoms with Gasteiger partial charge in [-0.1, -0.05) is 34.1 Å². The summed E-state index contributed by atoms with van der Waals surface area (Å²) in [6, 6.07) is 0.661. The van der Waals surface area contributed by atoms with Gasteiger partial charge in [0, 0.05) is 38.3 Å². The lowest BCUT2D eigenvalue weighted by Gasteiger charge is -2.50. The standard InChI is InChI=1S/C18H38N2O/c1-8-15(4)16-13-19-18(9-2,10-3)14-20(16)12-11-17(5,6)21-7/h15-16,19H,8-14H2,1-7H3. The van der Waals surface area contributed by atoms with Crippen LogP contribution in [0.4, 0.5) is 0 Å². The highest BCUT2D eigenvalue weighted by molar-refractivity contribution is 4.98. The van der Waals surface area contributed by atoms with Crippen molar-refractivity contribution in [3.63, 3.8) is 0 Å². The third kappa shape index (κ3) is 4.94. The molecule has 3 heteroatoms. The molecule has 0 aromatic heterocycles. The molecule has 0 radical (unpaired) electrons. The molecule has 1 heterocycles. The van der Waals surface area contributed by atoms with Crippen LogP contribution in [0.5, 0.6) is 0 Å². The fourth-order valence-electron chi connectivity index (χ4n) is 3.33. The van der Waals surface area contributed by atoms with Crippen LogP contribution in [0.15, 0.2) is 0 Å². The van der Waals surface area contributed by atoms with E-state index >= 15 is 0 Å². The van der Waals surface area contributed by atoms with Gasteiger partial charge >= 0.3 is 0 Å². The van der Waals surface area contributed by atoms with Gasteiger partial charge in [0.25, 0.3) is 0 Å². The molecule has 0 aromatic rings. The summed E-state index contributed by atoms with van der Waals surface area (Å²) in [6.45, 7) is 17.2. The Morgan fingerprint density at radius 2 is 1.90 bits per heavy atom. The fraction of sp³-hybridized carbons (Fsp3) is 1.00. The van der Waals surface area contributed by atoms with Gasteiger partial charge in [-0.05, 0) is 39.0 Å². The largest absolute Gasteiger partial charge is 0.379 e. The van der Waals surface area contributed by atoms with Crippen LogP contribution in [0.2, 0.25) is 0 Å². The SMILES string of the molecule is CCC(C)C1CNC(CC)(CC)CN1CCC(C)(C)OC. The summed E-state index contributed by atoms with van der Waals surface area (Å²) >= 11 is 0. The first-order chi connectivity index (χ1) is 9.83. The molecule has 0 spiro atoms. The Morgan fingerprint density at radius 3 is 2.38 bits per heavy atom. The third-order valence-corrected chi connectivity index (χ3v) is 5.87. The van der Waals surface area contributed by atoms with Crippen molar-refractivity contribution in [1.29, 1.82) is 0 Å². The molecule has 126 valence electrons. The average Bonchev–Trinajstić information content (AvgIpc) is 2.52. The van der Waals surface area contributed by atoms with E-state index in [2.05, 4.69) is 51.8 Å². The smallest absolute Gasteiger partial charge is 0.0634 e. The van der Waals surface area contributed by atoms with Gasteiger partial charge in [0.2, 0.25) is 0 Å². The van der Waals surface area contributed by atoms with Gasteiger partial charge in [-0.3, -0.25) is 4.90 Å². The van der Waals surface area contributed by atoms with Crippen LogP contribution in [-0.4, -0.2) is 48.8 Å². The predicted molar refractivity (Wildman–Crippen MR) is 91.8 cm³/mol. The summed E-state index contributed by atoms with van der Waals surface area (Å²) in [5, 5.41) is 3.87. The fourth-order valence-corrected chi connectivity index (χ4v) is 3.33. The normalized spacial score (nSPS) is 25.0. The summed E-state index contributed by atoms with van der Waals surface area (Å²) in [4.78, 5) is 2.73. The lowest BCUT2D eigenvalue weighted by molar-refractivity contribution is -0.0134. The quantitative estimate of drug-likeness (QED) is 0.740. The first-order valence-corrected chi connectivity index (χ1v) is 8.87. The number of rotatable bonds is 8. The lowest BCUT2D eigenvalue weighted by Crippen LogP contribution is -2.65. The molecule has 0 aliphatic carbocycles. The summed E-state index contributed by atoms with van der Waals surface area (Å²) in [6.07, 6.45) is 4.77. The highest BCUT2D eigenvalue weighted by atomic mass is 16.5. The molecule has 1 N–H and O–H groups in total. The predicted octanol–water partition coefficient (Wildman–Crippen LogP) is 3.68. The molecule has 21 heavy (non-hydrogen) atoms. The summed E-state index contributed by atoms with van der Waals surface area (Å²) < 4.78 is 5.61. The van der Waals surface area contributed by atoms with Crippen LogP contribution in [0.25, 0.3) is 0 Å². The molecule has 2 atom stereocenters. The van der Waals surface area contributed by atoms with Crippen LogP contribution >= 0.6 is 0 Å². The zero-order valence-corrected chi connectivity index (χ0v) is 15.5. The Morgan fingerprint density at radius 1 is 1.29 bits per heavy atom. The number of piperazine rings is 1. The lowest BCUT2D eigenvalue weighted by atomic mass is 9.85. The monoisotopic (exact) mass is 298 g/mol. The minimum Gasteiger partial charge on any atom is -0.379 e. The molecule has 0 saturated carbocycles. The number of ether oxygens (including phenoxy) is 1. The molecule has 0 bridgehead atoms. The van der Waals surface area contributed by atoms with Gasteiger partial charge in [-0.25, -0.2) is 0 Å². The van der Waals surface area contributed by atoms with E-state index < -0.39 is 0 Å². The van der Waals surface area contributed by atoms with E-state index in [4.69, 9.17) is 4.74 Å². The van der Waals surface area contributed by atoms with Gasteiger partial charge in [-0.2, -0.15) is 0 Å². The Hall–Kier alpha value is -0.120. The maximum atomic E-state index is 5.61. The molecule has 2 unspecified atom stereocenters. The van der Waals surface area contributed by atoms with Crippen LogP contribution < -0.4 is 5.32 Å². The van der Waals surface area contributed by atoms with Crippen molar-refractivity contribution >= 4 is 0 Å². The molecule has 3 nitrogen and oxygen atoms in total. The van der Waals surface area contributed by atoms with Crippen LogP contribution in [-0.2, 0) is 4.74 Å². The van der Waals surface area contributed by atoms with Crippen LogP contribution in [0.3, 0.4) is 0 Å². The maximum absolute atomic E-state index is 5.61. The minimum atomic E-state index is -0.0219. The molecule has 1 aliphatic rings. The summed E-state index contributed by atoms with van der Waals surface area (Å²) in [7, 11) is 1.83. The van der Waals surface area contributed by atoms with Gasteiger partial charge in [-0.15, -0.1) is 0 Å². The van der Waals surface area contributed by atoms with Gasteiger partial charge < -0.3 is 10.1 Å². The minimum absolute atomic E-state index is 0.0219. The number of nitrogens with one attached hydrogen (secondary N) is 1. The van der Waals surface area contributed by atoms with Gasteiger partial charge in [0.15, 0.2) is 0 Å². The van der Waals surface area contributed by atoms with E-state index in [-0.39, 0.29) is 5.60 Å². The number of hydrogen-bond donors (Lipinski definition) is 1. The number of nitrogens with zero attached hydrogens (tertiary/aromatic N) is 1. The molecule has 1 aliphatic heterocycles. The summed E-state index contributed by atoms with van der Waals surface area (Å²) in [5.74, 6) is 0.745. The Bertz CT molecular complexity index is 300. The zero-order chi connectivity index (χ0) is 16.1. The molecular formula is C18H38N2O. The average molecular weight is 299 g/mol. The molecule has 0 aromatic carbocycles. The van der Waals surface area contributed by atoms with Crippen molar-refractivity contribution in [2.45, 2.75) is 84.4 Å². The van der Waals surface area contributed by atoms with E-state index in [0.29, 0.717) is 11.6 Å². The van der Waals surface area contributed by atoms with Crippen molar-refractivity contribution in [2.75, 3.05) is 26.7 Å². The second-order valence-corrected chi connectivity index (χ2v) is 7.51. The molecule has 1 rings (SSSR count). The van der Waals surface area contributed by atoms with Gasteiger partial charge in [0.05, 0.1) is 5.60 Å². The molecule has 1 fully saturated rings. The Kier molecular flexibility index (Phi) is 7.15. The highest BCUT2D eigenvalue weighted by Gasteiger charge is 2.38. The molecule has 0 amide bonds. The second-order valence-electron chi connectivity index (χ2n) is 7.51. The maximum Gasteiger partial charge on any atom is 0.0634 e. The van der Waals surface area contributed by atoms with E-state index in [9.17, 15) is 0 Å².